The van der Waals surface area contributed by atoms with E-state index in [9.17, 15) is 0 Å². The van der Waals surface area contributed by atoms with Gasteiger partial charge >= 0.3 is 0 Å². The maximum atomic E-state index is 5.57. The van der Waals surface area contributed by atoms with Crippen LogP contribution in [0, 0.1) is 6.92 Å². The van der Waals surface area contributed by atoms with Crippen LogP contribution in [0.25, 0.3) is 11.1 Å². The summed E-state index contributed by atoms with van der Waals surface area (Å²) in [5, 5.41) is 4.38. The van der Waals surface area contributed by atoms with E-state index in [0.29, 0.717) is 12.5 Å². The highest BCUT2D eigenvalue weighted by molar-refractivity contribution is 5.65. The van der Waals surface area contributed by atoms with Gasteiger partial charge in [0.25, 0.3) is 0 Å². The predicted molar refractivity (Wildman–Crippen MR) is 75.5 cm³/mol. The molecule has 0 atom stereocenters. The molecule has 0 saturated carbocycles. The average Bonchev–Trinajstić information content (AvgIpc) is 2.72. The van der Waals surface area contributed by atoms with Crippen LogP contribution in [-0.4, -0.2) is 16.3 Å². The standard InChI is InChI=1S/C15H21N3/c1-11(2)13-4-6-14(7-5-13)15-10-17-18(9-8-16)12(15)3/h4-7,10-11H,8-9,16H2,1-3H3. The van der Waals surface area contributed by atoms with Gasteiger partial charge in [0, 0.05) is 17.8 Å². The molecule has 0 spiro atoms. The molecule has 2 aromatic rings. The molecule has 3 nitrogen and oxygen atoms in total. The molecule has 0 fully saturated rings. The summed E-state index contributed by atoms with van der Waals surface area (Å²) < 4.78 is 1.96. The van der Waals surface area contributed by atoms with Crippen LogP contribution in [0.1, 0.15) is 31.0 Å². The zero-order chi connectivity index (χ0) is 13.1. The Morgan fingerprint density at radius 3 is 2.44 bits per heavy atom. The number of benzene rings is 1. The van der Waals surface area contributed by atoms with E-state index in [1.54, 1.807) is 0 Å². The van der Waals surface area contributed by atoms with E-state index >= 15 is 0 Å². The lowest BCUT2D eigenvalue weighted by atomic mass is 9.99. The summed E-state index contributed by atoms with van der Waals surface area (Å²) in [6.07, 6.45) is 1.93. The zero-order valence-corrected chi connectivity index (χ0v) is 11.4. The van der Waals surface area contributed by atoms with E-state index in [0.717, 1.165) is 6.54 Å². The minimum Gasteiger partial charge on any atom is -0.329 e. The molecule has 0 radical (unpaired) electrons. The monoisotopic (exact) mass is 243 g/mol. The van der Waals surface area contributed by atoms with Crippen molar-refractivity contribution in [2.24, 2.45) is 5.73 Å². The highest BCUT2D eigenvalue weighted by atomic mass is 15.3. The summed E-state index contributed by atoms with van der Waals surface area (Å²) in [6, 6.07) is 8.73. The number of hydrogen-bond acceptors (Lipinski definition) is 2. The van der Waals surface area contributed by atoms with E-state index in [1.165, 1.54) is 22.4 Å². The quantitative estimate of drug-likeness (QED) is 0.897. The summed E-state index contributed by atoms with van der Waals surface area (Å²) in [5.41, 5.74) is 10.5. The van der Waals surface area contributed by atoms with Crippen LogP contribution in [0.3, 0.4) is 0 Å². The first-order valence-electron chi connectivity index (χ1n) is 6.46. The molecule has 2 rings (SSSR count). The minimum absolute atomic E-state index is 0.570. The average molecular weight is 243 g/mol. The largest absolute Gasteiger partial charge is 0.329 e. The number of nitrogens with two attached hydrogens (primary N) is 1. The molecule has 0 saturated heterocycles. The molecule has 0 amide bonds. The van der Waals surface area contributed by atoms with Gasteiger partial charge in [-0.1, -0.05) is 38.1 Å². The Hall–Kier alpha value is -1.61. The topological polar surface area (TPSA) is 43.8 Å². The van der Waals surface area contributed by atoms with E-state index < -0.39 is 0 Å². The molecule has 0 aliphatic heterocycles. The first kappa shape index (κ1) is 12.8. The molecule has 96 valence electrons. The maximum Gasteiger partial charge on any atom is 0.0571 e. The van der Waals surface area contributed by atoms with Crippen molar-refractivity contribution in [3.63, 3.8) is 0 Å². The third-order valence-corrected chi connectivity index (χ3v) is 3.33. The van der Waals surface area contributed by atoms with Crippen molar-refractivity contribution in [3.8, 4) is 11.1 Å². The van der Waals surface area contributed by atoms with E-state index in [2.05, 4.69) is 50.1 Å². The number of aromatic nitrogens is 2. The third kappa shape index (κ3) is 2.46. The van der Waals surface area contributed by atoms with Crippen molar-refractivity contribution in [2.75, 3.05) is 6.54 Å². The Labute approximate surface area is 109 Å². The van der Waals surface area contributed by atoms with Crippen molar-refractivity contribution in [3.05, 3.63) is 41.7 Å². The Kier molecular flexibility index (Phi) is 3.82. The van der Waals surface area contributed by atoms with E-state index in [4.69, 9.17) is 5.73 Å². The van der Waals surface area contributed by atoms with Crippen LogP contribution >= 0.6 is 0 Å². The molecular formula is C15H21N3. The lowest BCUT2D eigenvalue weighted by molar-refractivity contribution is 0.608. The molecule has 18 heavy (non-hydrogen) atoms. The molecule has 0 unspecified atom stereocenters. The van der Waals surface area contributed by atoms with Gasteiger partial charge < -0.3 is 5.73 Å². The summed E-state index contributed by atoms with van der Waals surface area (Å²) >= 11 is 0. The Balaban J connectivity index is 2.31. The van der Waals surface area contributed by atoms with Gasteiger partial charge in [-0.05, 0) is 24.0 Å². The van der Waals surface area contributed by atoms with Gasteiger partial charge in [0.05, 0.1) is 12.7 Å². The first-order valence-corrected chi connectivity index (χ1v) is 6.46. The van der Waals surface area contributed by atoms with Gasteiger partial charge in [0.15, 0.2) is 0 Å². The molecule has 1 heterocycles. The second-order valence-corrected chi connectivity index (χ2v) is 4.93. The second-order valence-electron chi connectivity index (χ2n) is 4.93. The second kappa shape index (κ2) is 5.36. The summed E-state index contributed by atoms with van der Waals surface area (Å²) in [7, 11) is 0. The fourth-order valence-electron chi connectivity index (χ4n) is 2.13. The van der Waals surface area contributed by atoms with Gasteiger partial charge in [-0.2, -0.15) is 5.10 Å². The number of hydrogen-bond donors (Lipinski definition) is 1. The Bertz CT molecular complexity index is 509. The zero-order valence-electron chi connectivity index (χ0n) is 11.4. The smallest absolute Gasteiger partial charge is 0.0571 e. The van der Waals surface area contributed by atoms with Gasteiger partial charge in [-0.15, -0.1) is 0 Å². The normalized spacial score (nSPS) is 11.2. The molecule has 2 N–H and O–H groups in total. The van der Waals surface area contributed by atoms with E-state index in [1.807, 2.05) is 10.9 Å². The van der Waals surface area contributed by atoms with Gasteiger partial charge in [0.1, 0.15) is 0 Å². The lowest BCUT2D eigenvalue weighted by Crippen LogP contribution is -2.12. The molecule has 0 aliphatic carbocycles. The van der Waals surface area contributed by atoms with Crippen LogP contribution in [0.4, 0.5) is 0 Å². The van der Waals surface area contributed by atoms with Crippen LogP contribution < -0.4 is 5.73 Å². The summed E-state index contributed by atoms with van der Waals surface area (Å²) in [6.45, 7) is 7.90. The fraction of sp³-hybridized carbons (Fsp3) is 0.400. The lowest BCUT2D eigenvalue weighted by Gasteiger charge is -2.07. The Morgan fingerprint density at radius 1 is 1.22 bits per heavy atom. The van der Waals surface area contributed by atoms with Crippen molar-refractivity contribution in [1.82, 2.24) is 9.78 Å². The van der Waals surface area contributed by atoms with Crippen LogP contribution in [0.5, 0.6) is 0 Å². The maximum absolute atomic E-state index is 5.57. The number of nitrogens with zero attached hydrogens (tertiary/aromatic N) is 2. The molecule has 1 aromatic heterocycles. The van der Waals surface area contributed by atoms with Crippen LogP contribution in [0.2, 0.25) is 0 Å². The molecular weight excluding hydrogens is 222 g/mol. The van der Waals surface area contributed by atoms with Gasteiger partial charge in [-0.3, -0.25) is 4.68 Å². The number of rotatable bonds is 4. The minimum atomic E-state index is 0.570. The van der Waals surface area contributed by atoms with Gasteiger partial charge in [-0.25, -0.2) is 0 Å². The predicted octanol–water partition coefficient (Wildman–Crippen LogP) is 2.94. The summed E-state index contributed by atoms with van der Waals surface area (Å²) in [5.74, 6) is 0.570. The highest BCUT2D eigenvalue weighted by Crippen LogP contribution is 2.25. The molecule has 3 heteroatoms. The van der Waals surface area contributed by atoms with Crippen molar-refractivity contribution in [2.45, 2.75) is 33.2 Å². The first-order chi connectivity index (χ1) is 8.63. The van der Waals surface area contributed by atoms with Gasteiger partial charge in [0.2, 0.25) is 0 Å². The van der Waals surface area contributed by atoms with Crippen molar-refractivity contribution >= 4 is 0 Å². The molecule has 0 bridgehead atoms. The SMILES string of the molecule is Cc1c(-c2ccc(C(C)C)cc2)cnn1CCN. The summed E-state index contributed by atoms with van der Waals surface area (Å²) in [4.78, 5) is 0. The van der Waals surface area contributed by atoms with Crippen LogP contribution in [-0.2, 0) is 6.54 Å². The third-order valence-electron chi connectivity index (χ3n) is 3.33. The fourth-order valence-corrected chi connectivity index (χ4v) is 2.13. The molecule has 1 aromatic carbocycles. The van der Waals surface area contributed by atoms with Crippen molar-refractivity contribution in [1.29, 1.82) is 0 Å². The molecule has 0 aliphatic rings. The highest BCUT2D eigenvalue weighted by Gasteiger charge is 2.08. The Morgan fingerprint density at radius 2 is 1.89 bits per heavy atom. The van der Waals surface area contributed by atoms with Crippen molar-refractivity contribution < 1.29 is 0 Å². The van der Waals surface area contributed by atoms with Crippen LogP contribution in [0.15, 0.2) is 30.5 Å². The van der Waals surface area contributed by atoms with E-state index in [-0.39, 0.29) is 0 Å².